The van der Waals surface area contributed by atoms with Gasteiger partial charge in [0.2, 0.25) is 0 Å². The molecule has 0 aliphatic heterocycles. The van der Waals surface area contributed by atoms with E-state index in [1.54, 1.807) is 0 Å². The number of carboxylic acid groups (broad SMARTS) is 1. The predicted molar refractivity (Wildman–Crippen MR) is 49.0 cm³/mol. The number of aromatic nitrogens is 2. The Kier molecular flexibility index (Phi) is 3.58. The molecule has 0 radical (unpaired) electrons. The third kappa shape index (κ3) is 2.35. The number of rotatable bonds is 3. The van der Waals surface area contributed by atoms with Gasteiger partial charge in [-0.1, -0.05) is 0 Å². The normalized spacial score (nSPS) is 11.8. The predicted octanol–water partition coefficient (Wildman–Crippen LogP) is 1.35. The molecule has 1 aromatic heterocycles. The van der Waals surface area contributed by atoms with E-state index in [0.717, 1.165) is 0 Å². The van der Waals surface area contributed by atoms with Gasteiger partial charge in [0.25, 0.3) is 0 Å². The number of alkyl halides is 3. The molecule has 0 unspecified atom stereocenters. The van der Waals surface area contributed by atoms with E-state index >= 15 is 0 Å². The quantitative estimate of drug-likeness (QED) is 0.884. The minimum absolute atomic E-state index is 0.323. The first-order valence-electron chi connectivity index (χ1n) is 3.96. The van der Waals surface area contributed by atoms with E-state index in [-0.39, 0.29) is 6.54 Å². The third-order valence-corrected chi connectivity index (χ3v) is 2.43. The highest BCUT2D eigenvalue weighted by molar-refractivity contribution is 9.10. The van der Waals surface area contributed by atoms with E-state index in [2.05, 4.69) is 21.0 Å². The molecule has 0 aliphatic rings. The van der Waals surface area contributed by atoms with Crippen molar-refractivity contribution in [2.45, 2.75) is 12.7 Å². The van der Waals surface area contributed by atoms with Crippen molar-refractivity contribution in [1.82, 2.24) is 9.78 Å². The fourth-order valence-electron chi connectivity index (χ4n) is 1.08. The molecule has 0 saturated heterocycles. The molecule has 0 aliphatic carbocycles. The number of carboxylic acids is 1. The summed E-state index contributed by atoms with van der Waals surface area (Å²) in [6.07, 6.45) is -4.75. The van der Waals surface area contributed by atoms with Crippen molar-refractivity contribution in [2.24, 2.45) is 0 Å². The Morgan fingerprint density at radius 1 is 1.50 bits per heavy atom. The zero-order valence-corrected chi connectivity index (χ0v) is 9.21. The summed E-state index contributed by atoms with van der Waals surface area (Å²) >= 11 is 2.54. The summed E-state index contributed by atoms with van der Waals surface area (Å²) in [5.74, 6) is -1.55. The SMILES string of the molecule is O=C(O)c1c(Br)c(C(F)(F)F)nn1CCO. The van der Waals surface area contributed by atoms with Gasteiger partial charge in [0, 0.05) is 0 Å². The average molecular weight is 303 g/mol. The molecule has 0 bridgehead atoms. The maximum atomic E-state index is 12.4. The van der Waals surface area contributed by atoms with Gasteiger partial charge >= 0.3 is 12.1 Å². The molecule has 0 aromatic carbocycles. The molecule has 0 amide bonds. The molecule has 90 valence electrons. The van der Waals surface area contributed by atoms with Gasteiger partial charge in [0.15, 0.2) is 11.4 Å². The van der Waals surface area contributed by atoms with Crippen LogP contribution >= 0.6 is 15.9 Å². The first-order valence-corrected chi connectivity index (χ1v) is 4.76. The summed E-state index contributed by atoms with van der Waals surface area (Å²) in [7, 11) is 0. The van der Waals surface area contributed by atoms with Crippen molar-refractivity contribution in [2.75, 3.05) is 6.61 Å². The van der Waals surface area contributed by atoms with Crippen molar-refractivity contribution in [3.8, 4) is 0 Å². The summed E-state index contributed by atoms with van der Waals surface area (Å²) in [5.41, 5.74) is -1.96. The largest absolute Gasteiger partial charge is 0.476 e. The Labute approximate surface area is 95.6 Å². The molecule has 2 N–H and O–H groups in total. The smallest absolute Gasteiger partial charge is 0.436 e. The number of carbonyl (C=O) groups is 1. The lowest BCUT2D eigenvalue weighted by atomic mass is 10.3. The third-order valence-electron chi connectivity index (χ3n) is 1.68. The molecule has 1 rings (SSSR count). The second-order valence-electron chi connectivity index (χ2n) is 2.76. The lowest BCUT2D eigenvalue weighted by Gasteiger charge is -2.01. The van der Waals surface area contributed by atoms with Gasteiger partial charge in [-0.15, -0.1) is 0 Å². The number of aliphatic hydroxyl groups excluding tert-OH is 1. The van der Waals surface area contributed by atoms with Gasteiger partial charge in [0.1, 0.15) is 0 Å². The van der Waals surface area contributed by atoms with Crippen LogP contribution in [0.4, 0.5) is 13.2 Å². The zero-order chi connectivity index (χ0) is 12.5. The fraction of sp³-hybridized carbons (Fsp3) is 0.429. The number of hydrogen-bond donors (Lipinski definition) is 2. The summed E-state index contributed by atoms with van der Waals surface area (Å²) < 4.78 is 37.1. The Hall–Kier alpha value is -1.09. The van der Waals surface area contributed by atoms with Crippen LogP contribution in [0.3, 0.4) is 0 Å². The Bertz CT molecular complexity index is 416. The number of nitrogens with zero attached hydrogens (tertiary/aromatic N) is 2. The van der Waals surface area contributed by atoms with E-state index in [9.17, 15) is 18.0 Å². The topological polar surface area (TPSA) is 75.3 Å². The molecular weight excluding hydrogens is 297 g/mol. The Morgan fingerprint density at radius 2 is 2.06 bits per heavy atom. The van der Waals surface area contributed by atoms with Crippen LogP contribution in [-0.4, -0.2) is 32.6 Å². The number of halogens is 4. The van der Waals surface area contributed by atoms with Crippen LogP contribution in [0.1, 0.15) is 16.2 Å². The highest BCUT2D eigenvalue weighted by atomic mass is 79.9. The van der Waals surface area contributed by atoms with Gasteiger partial charge in [-0.2, -0.15) is 18.3 Å². The van der Waals surface area contributed by atoms with Crippen molar-refractivity contribution in [1.29, 1.82) is 0 Å². The summed E-state index contributed by atoms with van der Waals surface area (Å²) in [5, 5.41) is 20.4. The fourth-order valence-corrected chi connectivity index (χ4v) is 1.76. The summed E-state index contributed by atoms with van der Waals surface area (Å²) in [6, 6.07) is 0. The van der Waals surface area contributed by atoms with Crippen LogP contribution in [0.2, 0.25) is 0 Å². The maximum Gasteiger partial charge on any atom is 0.436 e. The highest BCUT2D eigenvalue weighted by Crippen LogP contribution is 2.35. The molecule has 9 heteroatoms. The molecule has 0 fully saturated rings. The maximum absolute atomic E-state index is 12.4. The van der Waals surface area contributed by atoms with Crippen LogP contribution in [-0.2, 0) is 12.7 Å². The van der Waals surface area contributed by atoms with Crippen molar-refractivity contribution in [3.05, 3.63) is 15.9 Å². The average Bonchev–Trinajstić information content (AvgIpc) is 2.42. The van der Waals surface area contributed by atoms with E-state index in [1.165, 1.54) is 0 Å². The minimum Gasteiger partial charge on any atom is -0.476 e. The van der Waals surface area contributed by atoms with Gasteiger partial charge in [-0.3, -0.25) is 4.68 Å². The number of hydrogen-bond acceptors (Lipinski definition) is 3. The van der Waals surface area contributed by atoms with Crippen molar-refractivity contribution >= 4 is 21.9 Å². The second-order valence-corrected chi connectivity index (χ2v) is 3.55. The van der Waals surface area contributed by atoms with Crippen LogP contribution in [0.25, 0.3) is 0 Å². The van der Waals surface area contributed by atoms with Crippen LogP contribution in [0, 0.1) is 0 Å². The molecular formula is C7H6BrF3N2O3. The first kappa shape index (κ1) is 13.0. The highest BCUT2D eigenvalue weighted by Gasteiger charge is 2.39. The van der Waals surface area contributed by atoms with Crippen LogP contribution < -0.4 is 0 Å². The molecule has 1 heterocycles. The Morgan fingerprint density at radius 3 is 2.44 bits per heavy atom. The van der Waals surface area contributed by atoms with Gasteiger partial charge < -0.3 is 10.2 Å². The molecule has 0 spiro atoms. The van der Waals surface area contributed by atoms with Gasteiger partial charge in [0.05, 0.1) is 17.6 Å². The summed E-state index contributed by atoms with van der Waals surface area (Å²) in [4.78, 5) is 10.7. The second kappa shape index (κ2) is 4.42. The van der Waals surface area contributed by atoms with Gasteiger partial charge in [-0.05, 0) is 15.9 Å². The molecule has 0 atom stereocenters. The minimum atomic E-state index is -4.75. The van der Waals surface area contributed by atoms with Crippen molar-refractivity contribution < 1.29 is 28.2 Å². The van der Waals surface area contributed by atoms with Crippen molar-refractivity contribution in [3.63, 3.8) is 0 Å². The lowest BCUT2D eigenvalue weighted by Crippen LogP contribution is -2.13. The van der Waals surface area contributed by atoms with Crippen LogP contribution in [0.5, 0.6) is 0 Å². The lowest BCUT2D eigenvalue weighted by molar-refractivity contribution is -0.142. The Balaban J connectivity index is 3.36. The first-order chi connectivity index (χ1) is 7.29. The molecule has 5 nitrogen and oxygen atoms in total. The monoisotopic (exact) mass is 302 g/mol. The standard InChI is InChI=1S/C7H6BrF3N2O3/c8-3-4(6(15)16)13(1-2-14)12-5(3)7(9,10)11/h14H,1-2H2,(H,15,16). The molecule has 16 heavy (non-hydrogen) atoms. The van der Waals surface area contributed by atoms with E-state index in [1.807, 2.05) is 0 Å². The zero-order valence-electron chi connectivity index (χ0n) is 7.62. The van der Waals surface area contributed by atoms with E-state index in [0.29, 0.717) is 4.68 Å². The summed E-state index contributed by atoms with van der Waals surface area (Å²) in [6.45, 7) is -0.831. The molecule has 0 saturated carbocycles. The number of aromatic carboxylic acids is 1. The van der Waals surface area contributed by atoms with E-state index < -0.39 is 34.6 Å². The van der Waals surface area contributed by atoms with E-state index in [4.69, 9.17) is 10.2 Å². The number of aliphatic hydroxyl groups is 1. The van der Waals surface area contributed by atoms with Gasteiger partial charge in [-0.25, -0.2) is 4.79 Å². The van der Waals surface area contributed by atoms with Crippen LogP contribution in [0.15, 0.2) is 4.47 Å². The molecule has 1 aromatic rings.